The summed E-state index contributed by atoms with van der Waals surface area (Å²) in [4.78, 5) is 12.2. The lowest BCUT2D eigenvalue weighted by atomic mass is 9.95. The summed E-state index contributed by atoms with van der Waals surface area (Å²) in [6.07, 6.45) is 2.14. The van der Waals surface area contributed by atoms with Crippen LogP contribution in [-0.4, -0.2) is 20.5 Å². The van der Waals surface area contributed by atoms with Crippen LogP contribution in [-0.2, 0) is 0 Å². The van der Waals surface area contributed by atoms with Gasteiger partial charge in [0.2, 0.25) is 0 Å². The summed E-state index contributed by atoms with van der Waals surface area (Å²) in [5.74, 6) is 0.588. The molecule has 1 rings (SSSR count). The summed E-state index contributed by atoms with van der Waals surface area (Å²) in [5, 5.41) is 3.00. The largest absolute Gasteiger partial charge is 0.352 e. The lowest BCUT2D eigenvalue weighted by Gasteiger charge is -2.23. The van der Waals surface area contributed by atoms with Crippen molar-refractivity contribution in [1.29, 1.82) is 0 Å². The first kappa shape index (κ1) is 18.0. The molecule has 1 aromatic carbocycles. The second kappa shape index (κ2) is 7.78. The highest BCUT2D eigenvalue weighted by atomic mass is 28.3. The first-order valence-electron chi connectivity index (χ1n) is 8.13. The molecule has 0 saturated heterocycles. The van der Waals surface area contributed by atoms with Gasteiger partial charge < -0.3 is 5.32 Å². The SMILES string of the molecule is CCCCNC(=O)c1ccc(C)c(C(C)C[Si](C)(C)C)c1. The van der Waals surface area contributed by atoms with Gasteiger partial charge in [0, 0.05) is 20.2 Å². The molecule has 0 aliphatic heterocycles. The van der Waals surface area contributed by atoms with E-state index in [0.717, 1.165) is 24.9 Å². The molecule has 0 heterocycles. The maximum absolute atomic E-state index is 12.2. The third kappa shape index (κ3) is 6.04. The number of unbranched alkanes of at least 4 members (excludes halogenated alkanes) is 1. The van der Waals surface area contributed by atoms with Crippen LogP contribution in [0.1, 0.15) is 54.1 Å². The quantitative estimate of drug-likeness (QED) is 0.559. The van der Waals surface area contributed by atoms with E-state index in [1.165, 1.54) is 17.2 Å². The molecule has 118 valence electrons. The normalized spacial score (nSPS) is 13.0. The van der Waals surface area contributed by atoms with Crippen molar-refractivity contribution in [2.24, 2.45) is 0 Å². The minimum absolute atomic E-state index is 0.0601. The van der Waals surface area contributed by atoms with Crippen molar-refractivity contribution in [1.82, 2.24) is 5.32 Å². The van der Waals surface area contributed by atoms with E-state index < -0.39 is 8.07 Å². The van der Waals surface area contributed by atoms with E-state index in [-0.39, 0.29) is 5.91 Å². The molecule has 1 atom stereocenters. The Morgan fingerprint density at radius 3 is 2.52 bits per heavy atom. The van der Waals surface area contributed by atoms with Crippen LogP contribution in [0.25, 0.3) is 0 Å². The molecule has 1 aromatic rings. The molecular formula is C18H31NOSi. The molecule has 1 amide bonds. The number of nitrogens with one attached hydrogen (secondary N) is 1. The van der Waals surface area contributed by atoms with Crippen LogP contribution >= 0.6 is 0 Å². The van der Waals surface area contributed by atoms with Crippen LogP contribution in [0.15, 0.2) is 18.2 Å². The van der Waals surface area contributed by atoms with Crippen molar-refractivity contribution in [3.8, 4) is 0 Å². The molecule has 0 radical (unpaired) electrons. The molecule has 0 fully saturated rings. The van der Waals surface area contributed by atoms with Crippen molar-refractivity contribution in [2.75, 3.05) is 6.54 Å². The molecule has 0 aromatic heterocycles. The Balaban J connectivity index is 2.86. The molecule has 1 N–H and O–H groups in total. The molecule has 0 saturated carbocycles. The van der Waals surface area contributed by atoms with Crippen molar-refractivity contribution in [3.05, 3.63) is 34.9 Å². The average molecular weight is 306 g/mol. The molecule has 0 aliphatic rings. The number of benzene rings is 1. The predicted molar refractivity (Wildman–Crippen MR) is 95.0 cm³/mol. The number of rotatable bonds is 7. The van der Waals surface area contributed by atoms with Crippen molar-refractivity contribution in [3.63, 3.8) is 0 Å². The Hall–Kier alpha value is -1.09. The summed E-state index contributed by atoms with van der Waals surface area (Å²) in [6, 6.07) is 7.39. The molecular weight excluding hydrogens is 274 g/mol. The number of hydrogen-bond donors (Lipinski definition) is 1. The van der Waals surface area contributed by atoms with Crippen LogP contribution in [0, 0.1) is 6.92 Å². The van der Waals surface area contributed by atoms with E-state index in [1.807, 2.05) is 6.07 Å². The summed E-state index contributed by atoms with van der Waals surface area (Å²) >= 11 is 0. The summed E-state index contributed by atoms with van der Waals surface area (Å²) in [5.41, 5.74) is 3.43. The second-order valence-electron chi connectivity index (χ2n) is 7.35. The molecule has 1 unspecified atom stereocenters. The van der Waals surface area contributed by atoms with Gasteiger partial charge in [-0.3, -0.25) is 4.79 Å². The van der Waals surface area contributed by atoms with E-state index in [4.69, 9.17) is 0 Å². The van der Waals surface area contributed by atoms with Crippen molar-refractivity contribution < 1.29 is 4.79 Å². The summed E-state index contributed by atoms with van der Waals surface area (Å²) in [7, 11) is -1.10. The fraction of sp³-hybridized carbons (Fsp3) is 0.611. The third-order valence-electron chi connectivity index (χ3n) is 3.81. The zero-order chi connectivity index (χ0) is 16.0. The fourth-order valence-electron chi connectivity index (χ4n) is 2.82. The van der Waals surface area contributed by atoms with Crippen LogP contribution in [0.5, 0.6) is 0 Å². The van der Waals surface area contributed by atoms with Crippen LogP contribution in [0.2, 0.25) is 25.7 Å². The van der Waals surface area contributed by atoms with E-state index >= 15 is 0 Å². The van der Waals surface area contributed by atoms with E-state index in [9.17, 15) is 4.79 Å². The Labute approximate surface area is 131 Å². The van der Waals surface area contributed by atoms with Gasteiger partial charge in [-0.25, -0.2) is 0 Å². The fourth-order valence-corrected chi connectivity index (χ4v) is 4.88. The Morgan fingerprint density at radius 1 is 1.29 bits per heavy atom. The third-order valence-corrected chi connectivity index (χ3v) is 5.64. The molecule has 0 aliphatic carbocycles. The Morgan fingerprint density at radius 2 is 1.95 bits per heavy atom. The zero-order valence-electron chi connectivity index (χ0n) is 14.5. The van der Waals surface area contributed by atoms with Crippen LogP contribution < -0.4 is 5.32 Å². The molecule has 0 spiro atoms. The van der Waals surface area contributed by atoms with Gasteiger partial charge in [-0.05, 0) is 42.5 Å². The van der Waals surface area contributed by atoms with E-state index in [0.29, 0.717) is 5.92 Å². The molecule has 3 heteroatoms. The predicted octanol–water partition coefficient (Wildman–Crippen LogP) is 4.97. The molecule has 21 heavy (non-hydrogen) atoms. The lowest BCUT2D eigenvalue weighted by Crippen LogP contribution is -2.25. The number of aryl methyl sites for hydroxylation is 1. The van der Waals surface area contributed by atoms with E-state index in [2.05, 4.69) is 57.9 Å². The monoisotopic (exact) mass is 305 g/mol. The topological polar surface area (TPSA) is 29.1 Å². The summed E-state index contributed by atoms with van der Waals surface area (Å²) < 4.78 is 0. The van der Waals surface area contributed by atoms with E-state index in [1.54, 1.807) is 0 Å². The Bertz CT molecular complexity index is 477. The standard InChI is InChI=1S/C18H31NOSi/c1-7-8-11-19-18(20)16-10-9-14(2)17(12-16)15(3)13-21(4,5)6/h9-10,12,15H,7-8,11,13H2,1-6H3,(H,19,20). The highest BCUT2D eigenvalue weighted by Crippen LogP contribution is 2.29. The van der Waals surface area contributed by atoms with Crippen molar-refractivity contribution in [2.45, 2.75) is 65.2 Å². The highest BCUT2D eigenvalue weighted by molar-refractivity contribution is 6.76. The maximum atomic E-state index is 12.2. The van der Waals surface area contributed by atoms with Gasteiger partial charge in [0.05, 0.1) is 0 Å². The van der Waals surface area contributed by atoms with Crippen LogP contribution in [0.3, 0.4) is 0 Å². The van der Waals surface area contributed by atoms with Gasteiger partial charge in [-0.1, -0.05) is 52.0 Å². The number of carbonyl (C=O) groups excluding carboxylic acids is 1. The van der Waals surface area contributed by atoms with Gasteiger partial charge in [-0.2, -0.15) is 0 Å². The minimum Gasteiger partial charge on any atom is -0.352 e. The van der Waals surface area contributed by atoms with Gasteiger partial charge >= 0.3 is 0 Å². The second-order valence-corrected chi connectivity index (χ2v) is 12.9. The van der Waals surface area contributed by atoms with Crippen LogP contribution in [0.4, 0.5) is 0 Å². The smallest absolute Gasteiger partial charge is 0.251 e. The van der Waals surface area contributed by atoms with Gasteiger partial charge in [-0.15, -0.1) is 0 Å². The lowest BCUT2D eigenvalue weighted by molar-refractivity contribution is 0.0953. The number of carbonyl (C=O) groups is 1. The number of amides is 1. The first-order chi connectivity index (χ1) is 9.74. The van der Waals surface area contributed by atoms with Gasteiger partial charge in [0.25, 0.3) is 5.91 Å². The number of hydrogen-bond acceptors (Lipinski definition) is 1. The molecule has 0 bridgehead atoms. The van der Waals surface area contributed by atoms with Gasteiger partial charge in [0.15, 0.2) is 0 Å². The average Bonchev–Trinajstić information content (AvgIpc) is 2.37. The first-order valence-corrected chi connectivity index (χ1v) is 11.8. The summed E-state index contributed by atoms with van der Waals surface area (Å²) in [6.45, 7) is 14.5. The maximum Gasteiger partial charge on any atom is 0.251 e. The van der Waals surface area contributed by atoms with Crippen molar-refractivity contribution >= 4 is 14.0 Å². The van der Waals surface area contributed by atoms with Gasteiger partial charge in [0.1, 0.15) is 0 Å². The Kier molecular flexibility index (Phi) is 6.66. The zero-order valence-corrected chi connectivity index (χ0v) is 15.5. The minimum atomic E-state index is -1.10. The molecule has 2 nitrogen and oxygen atoms in total. The highest BCUT2D eigenvalue weighted by Gasteiger charge is 2.20.